The lowest BCUT2D eigenvalue weighted by Gasteiger charge is -2.11. The molecule has 0 amide bonds. The molecule has 1 atom stereocenters. The molecule has 0 aliphatic carbocycles. The van der Waals surface area contributed by atoms with Crippen LogP contribution in [0.5, 0.6) is 5.75 Å². The molecule has 0 saturated heterocycles. The van der Waals surface area contributed by atoms with Crippen LogP contribution in [0, 0.1) is 0 Å². The largest absolute Gasteiger partial charge is 0.488 e. The van der Waals surface area contributed by atoms with Gasteiger partial charge in [0, 0.05) is 15.4 Å². The fourth-order valence-electron chi connectivity index (χ4n) is 1.52. The monoisotopic (exact) mass is 311 g/mol. The Labute approximate surface area is 114 Å². The van der Waals surface area contributed by atoms with Crippen LogP contribution in [-0.4, -0.2) is 0 Å². The Morgan fingerprint density at radius 1 is 1.41 bits per heavy atom. The van der Waals surface area contributed by atoms with E-state index in [0.29, 0.717) is 6.61 Å². The van der Waals surface area contributed by atoms with Crippen molar-refractivity contribution in [3.05, 3.63) is 50.6 Å². The smallest absolute Gasteiger partial charge is 0.122 e. The van der Waals surface area contributed by atoms with Gasteiger partial charge in [0.05, 0.1) is 0 Å². The number of hydrogen-bond acceptors (Lipinski definition) is 3. The summed E-state index contributed by atoms with van der Waals surface area (Å²) < 4.78 is 6.70. The molecular weight excluding hydrogens is 298 g/mol. The van der Waals surface area contributed by atoms with Crippen LogP contribution in [0.3, 0.4) is 0 Å². The van der Waals surface area contributed by atoms with Crippen molar-refractivity contribution in [2.24, 2.45) is 5.73 Å². The van der Waals surface area contributed by atoms with E-state index in [4.69, 9.17) is 10.5 Å². The fraction of sp³-hybridized carbons (Fsp3) is 0.231. The topological polar surface area (TPSA) is 35.2 Å². The van der Waals surface area contributed by atoms with Crippen LogP contribution in [-0.2, 0) is 6.61 Å². The summed E-state index contributed by atoms with van der Waals surface area (Å²) in [5.74, 6) is 0.856. The van der Waals surface area contributed by atoms with E-state index in [1.54, 1.807) is 11.3 Å². The van der Waals surface area contributed by atoms with Crippen molar-refractivity contribution < 1.29 is 4.74 Å². The first-order valence-corrected chi connectivity index (χ1v) is 7.04. The van der Waals surface area contributed by atoms with Gasteiger partial charge < -0.3 is 10.5 Å². The van der Waals surface area contributed by atoms with Gasteiger partial charge in [-0.05, 0) is 36.1 Å². The summed E-state index contributed by atoms with van der Waals surface area (Å²) in [7, 11) is 0. The Morgan fingerprint density at radius 2 is 2.24 bits per heavy atom. The maximum absolute atomic E-state index is 5.85. The second-order valence-electron chi connectivity index (χ2n) is 3.84. The van der Waals surface area contributed by atoms with Crippen LogP contribution in [0.2, 0.25) is 0 Å². The highest BCUT2D eigenvalue weighted by Crippen LogP contribution is 2.27. The number of hydrogen-bond donors (Lipinski definition) is 1. The van der Waals surface area contributed by atoms with Crippen molar-refractivity contribution in [3.8, 4) is 5.75 Å². The number of benzene rings is 1. The molecule has 0 radical (unpaired) electrons. The van der Waals surface area contributed by atoms with Gasteiger partial charge in [-0.3, -0.25) is 0 Å². The Balaban J connectivity index is 2.05. The highest BCUT2D eigenvalue weighted by molar-refractivity contribution is 9.10. The lowest BCUT2D eigenvalue weighted by atomic mass is 10.1. The Morgan fingerprint density at radius 3 is 2.82 bits per heavy atom. The van der Waals surface area contributed by atoms with E-state index in [-0.39, 0.29) is 6.04 Å². The maximum Gasteiger partial charge on any atom is 0.122 e. The van der Waals surface area contributed by atoms with Gasteiger partial charge in [-0.15, -0.1) is 11.3 Å². The van der Waals surface area contributed by atoms with E-state index in [1.165, 1.54) is 4.88 Å². The quantitative estimate of drug-likeness (QED) is 0.922. The van der Waals surface area contributed by atoms with Gasteiger partial charge in [0.15, 0.2) is 0 Å². The number of rotatable bonds is 4. The zero-order valence-corrected chi connectivity index (χ0v) is 11.9. The average Bonchev–Trinajstić information content (AvgIpc) is 2.78. The molecular formula is C13H14BrNOS. The normalized spacial score (nSPS) is 12.4. The third-order valence-corrected chi connectivity index (χ3v) is 3.96. The fourth-order valence-corrected chi connectivity index (χ4v) is 2.85. The summed E-state index contributed by atoms with van der Waals surface area (Å²) in [6, 6.07) is 10.0. The summed E-state index contributed by atoms with van der Waals surface area (Å²) >= 11 is 5.21. The molecule has 4 heteroatoms. The molecule has 90 valence electrons. The second-order valence-corrected chi connectivity index (χ2v) is 5.73. The van der Waals surface area contributed by atoms with Crippen LogP contribution in [0.15, 0.2) is 40.2 Å². The molecule has 2 nitrogen and oxygen atoms in total. The molecule has 0 aliphatic rings. The molecule has 0 aliphatic heterocycles. The van der Waals surface area contributed by atoms with Gasteiger partial charge in [-0.2, -0.15) is 0 Å². The zero-order chi connectivity index (χ0) is 12.3. The molecule has 1 aromatic carbocycles. The second kappa shape index (κ2) is 5.67. The third kappa shape index (κ3) is 3.31. The molecule has 0 unspecified atom stereocenters. The average molecular weight is 312 g/mol. The summed E-state index contributed by atoms with van der Waals surface area (Å²) in [4.78, 5) is 1.22. The lowest BCUT2D eigenvalue weighted by Crippen LogP contribution is -2.05. The van der Waals surface area contributed by atoms with Crippen molar-refractivity contribution in [1.82, 2.24) is 0 Å². The minimum atomic E-state index is 0.0238. The Bertz CT molecular complexity index is 482. The van der Waals surface area contributed by atoms with E-state index in [1.807, 2.05) is 36.6 Å². The van der Waals surface area contributed by atoms with Gasteiger partial charge in [0.2, 0.25) is 0 Å². The summed E-state index contributed by atoms with van der Waals surface area (Å²) in [6.45, 7) is 2.58. The Kier molecular flexibility index (Phi) is 4.20. The molecule has 0 saturated carbocycles. The summed E-state index contributed by atoms with van der Waals surface area (Å²) in [6.07, 6.45) is 0. The Hall–Kier alpha value is -0.840. The van der Waals surface area contributed by atoms with Gasteiger partial charge in [-0.25, -0.2) is 0 Å². The number of halogens is 1. The van der Waals surface area contributed by atoms with Gasteiger partial charge >= 0.3 is 0 Å². The van der Waals surface area contributed by atoms with E-state index in [2.05, 4.69) is 22.0 Å². The summed E-state index contributed by atoms with van der Waals surface area (Å²) in [5.41, 5.74) is 6.94. The zero-order valence-electron chi connectivity index (χ0n) is 9.52. The molecule has 2 aromatic rings. The van der Waals surface area contributed by atoms with Gasteiger partial charge in [0.1, 0.15) is 12.4 Å². The molecule has 0 bridgehead atoms. The minimum absolute atomic E-state index is 0.0238. The molecule has 0 fully saturated rings. The predicted octanol–water partition coefficient (Wildman–Crippen LogP) is 4.11. The highest BCUT2D eigenvalue weighted by Gasteiger charge is 2.06. The SMILES string of the molecule is C[C@H](N)c1ccc(OCc2cccs2)cc1Br. The van der Waals surface area contributed by atoms with Crippen LogP contribution >= 0.6 is 27.3 Å². The van der Waals surface area contributed by atoms with Crippen molar-refractivity contribution in [1.29, 1.82) is 0 Å². The maximum atomic E-state index is 5.85. The standard InChI is InChI=1S/C13H14BrNOS/c1-9(15)12-5-4-10(7-13(12)14)16-8-11-3-2-6-17-11/h2-7,9H,8,15H2,1H3/t9-/m0/s1. The minimum Gasteiger partial charge on any atom is -0.488 e. The van der Waals surface area contributed by atoms with Crippen molar-refractivity contribution in [3.63, 3.8) is 0 Å². The van der Waals surface area contributed by atoms with Crippen LogP contribution in [0.4, 0.5) is 0 Å². The van der Waals surface area contributed by atoms with Gasteiger partial charge in [0.25, 0.3) is 0 Å². The van der Waals surface area contributed by atoms with E-state index in [9.17, 15) is 0 Å². The molecule has 2 rings (SSSR count). The predicted molar refractivity (Wildman–Crippen MR) is 75.4 cm³/mol. The number of ether oxygens (including phenoxy) is 1. The molecule has 1 aromatic heterocycles. The first kappa shape index (κ1) is 12.6. The molecule has 17 heavy (non-hydrogen) atoms. The first-order chi connectivity index (χ1) is 8.16. The van der Waals surface area contributed by atoms with Crippen LogP contribution in [0.1, 0.15) is 23.4 Å². The van der Waals surface area contributed by atoms with Crippen molar-refractivity contribution >= 4 is 27.3 Å². The summed E-state index contributed by atoms with van der Waals surface area (Å²) in [5, 5.41) is 2.05. The molecule has 2 N–H and O–H groups in total. The van der Waals surface area contributed by atoms with Crippen molar-refractivity contribution in [2.45, 2.75) is 19.6 Å². The van der Waals surface area contributed by atoms with Crippen LogP contribution < -0.4 is 10.5 Å². The van der Waals surface area contributed by atoms with E-state index < -0.39 is 0 Å². The van der Waals surface area contributed by atoms with E-state index in [0.717, 1.165) is 15.8 Å². The highest BCUT2D eigenvalue weighted by atomic mass is 79.9. The van der Waals surface area contributed by atoms with Gasteiger partial charge in [-0.1, -0.05) is 28.1 Å². The molecule has 1 heterocycles. The molecule has 0 spiro atoms. The number of nitrogens with two attached hydrogens (primary N) is 1. The van der Waals surface area contributed by atoms with E-state index >= 15 is 0 Å². The van der Waals surface area contributed by atoms with Crippen LogP contribution in [0.25, 0.3) is 0 Å². The third-order valence-electron chi connectivity index (χ3n) is 2.42. The number of thiophene rings is 1. The first-order valence-electron chi connectivity index (χ1n) is 5.37. The lowest BCUT2D eigenvalue weighted by molar-refractivity contribution is 0.309. The van der Waals surface area contributed by atoms with Crippen molar-refractivity contribution in [2.75, 3.05) is 0 Å².